The first-order valence-electron chi connectivity index (χ1n) is 11.1. The summed E-state index contributed by atoms with van der Waals surface area (Å²) in [6, 6.07) is 8.94. The topological polar surface area (TPSA) is 72.9 Å². The third-order valence-corrected chi connectivity index (χ3v) is 5.54. The molecule has 1 heterocycles. The van der Waals surface area contributed by atoms with Gasteiger partial charge in [-0.3, -0.25) is 9.59 Å². The van der Waals surface area contributed by atoms with Crippen LogP contribution in [0.5, 0.6) is 0 Å². The summed E-state index contributed by atoms with van der Waals surface area (Å²) < 4.78 is 11.0. The van der Waals surface area contributed by atoms with Gasteiger partial charge < -0.3 is 9.47 Å². The Hall–Kier alpha value is -2.37. The lowest BCUT2D eigenvalue weighted by molar-refractivity contribution is -0.158. The summed E-state index contributed by atoms with van der Waals surface area (Å²) in [5.41, 5.74) is 0.0543. The fraction of sp³-hybridized carbons (Fsp3) is 0.640. The molecule has 1 saturated heterocycles. The maximum Gasteiger partial charge on any atom is 0.417 e. The fourth-order valence-corrected chi connectivity index (χ4v) is 4.32. The zero-order valence-corrected chi connectivity index (χ0v) is 19.9. The third kappa shape index (κ3) is 6.81. The molecule has 0 unspecified atom stereocenters. The van der Waals surface area contributed by atoms with Gasteiger partial charge in [0.25, 0.3) is 0 Å². The molecule has 6 nitrogen and oxygen atoms in total. The summed E-state index contributed by atoms with van der Waals surface area (Å²) in [6.07, 6.45) is 1.13. The number of hydrogen-bond donors (Lipinski definition) is 0. The maximum atomic E-state index is 13.5. The number of esters is 1. The number of nitrogens with zero attached hydrogens (tertiary/aromatic N) is 1. The Bertz CT molecular complexity index is 781. The van der Waals surface area contributed by atoms with E-state index in [-0.39, 0.29) is 17.7 Å². The Balaban J connectivity index is 2.26. The van der Waals surface area contributed by atoms with Crippen molar-refractivity contribution in [3.05, 3.63) is 35.9 Å². The number of benzene rings is 1. The average Bonchev–Trinajstić information content (AvgIpc) is 2.93. The largest absolute Gasteiger partial charge is 0.460 e. The zero-order valence-electron chi connectivity index (χ0n) is 19.9. The molecule has 0 aromatic heterocycles. The monoisotopic (exact) mass is 431 g/mol. The van der Waals surface area contributed by atoms with Crippen molar-refractivity contribution in [3.63, 3.8) is 0 Å². The van der Waals surface area contributed by atoms with Crippen LogP contribution in [-0.2, 0) is 19.1 Å². The Labute approximate surface area is 186 Å². The van der Waals surface area contributed by atoms with E-state index in [4.69, 9.17) is 9.47 Å². The van der Waals surface area contributed by atoms with Crippen LogP contribution < -0.4 is 0 Å². The van der Waals surface area contributed by atoms with Gasteiger partial charge in [-0.1, -0.05) is 57.5 Å². The first kappa shape index (κ1) is 24.9. The van der Waals surface area contributed by atoms with E-state index >= 15 is 0 Å². The average molecular weight is 432 g/mol. The standard InChI is InChI=1S/C25H37NO5/c1-8-14-25(6,7)16-19(15-20(27)31-24(3,4)5)22(28)26-17(2)21(30-23(26)29)18-12-10-9-11-13-18/h9-13,17,19,21H,8,14-16H2,1-7H3/t17-,19+,21-/m0/s1. The molecule has 31 heavy (non-hydrogen) atoms. The first-order chi connectivity index (χ1) is 14.3. The Morgan fingerprint density at radius 1 is 1.13 bits per heavy atom. The summed E-state index contributed by atoms with van der Waals surface area (Å²) in [7, 11) is 0. The van der Waals surface area contributed by atoms with Gasteiger partial charge in [-0.15, -0.1) is 0 Å². The van der Waals surface area contributed by atoms with E-state index in [1.165, 1.54) is 4.90 Å². The van der Waals surface area contributed by atoms with Crippen molar-refractivity contribution in [2.45, 2.75) is 91.9 Å². The number of hydrogen-bond acceptors (Lipinski definition) is 5. The summed E-state index contributed by atoms with van der Waals surface area (Å²) in [5.74, 6) is -1.45. The SMILES string of the molecule is CCCC(C)(C)C[C@@H](CC(=O)OC(C)(C)C)C(=O)N1C(=O)O[C@H](c2ccccc2)[C@@H]1C. The van der Waals surface area contributed by atoms with Crippen LogP contribution in [0, 0.1) is 11.3 Å². The molecular formula is C25H37NO5. The summed E-state index contributed by atoms with van der Waals surface area (Å²) in [6.45, 7) is 13.5. The molecule has 1 fully saturated rings. The molecular weight excluding hydrogens is 394 g/mol. The van der Waals surface area contributed by atoms with Gasteiger partial charge in [0, 0.05) is 5.92 Å². The van der Waals surface area contributed by atoms with Crippen LogP contribution in [0.1, 0.15) is 85.8 Å². The lowest BCUT2D eigenvalue weighted by Gasteiger charge is -2.31. The highest BCUT2D eigenvalue weighted by molar-refractivity contribution is 5.96. The molecule has 1 aromatic carbocycles. The predicted molar refractivity (Wildman–Crippen MR) is 119 cm³/mol. The smallest absolute Gasteiger partial charge is 0.417 e. The molecule has 0 saturated carbocycles. The van der Waals surface area contributed by atoms with Gasteiger partial charge in [0.05, 0.1) is 12.5 Å². The molecule has 3 atom stereocenters. The highest BCUT2D eigenvalue weighted by atomic mass is 16.6. The van der Waals surface area contributed by atoms with E-state index < -0.39 is 35.7 Å². The van der Waals surface area contributed by atoms with Gasteiger partial charge in [-0.25, -0.2) is 9.69 Å². The number of amides is 2. The van der Waals surface area contributed by atoms with E-state index in [1.807, 2.05) is 37.3 Å². The van der Waals surface area contributed by atoms with Gasteiger partial charge in [-0.2, -0.15) is 0 Å². The van der Waals surface area contributed by atoms with E-state index in [9.17, 15) is 14.4 Å². The highest BCUT2D eigenvalue weighted by Gasteiger charge is 2.46. The van der Waals surface area contributed by atoms with Crippen LogP contribution in [0.3, 0.4) is 0 Å². The summed E-state index contributed by atoms with van der Waals surface area (Å²) in [4.78, 5) is 40.0. The zero-order chi connectivity index (χ0) is 23.4. The quantitative estimate of drug-likeness (QED) is 0.497. The summed E-state index contributed by atoms with van der Waals surface area (Å²) >= 11 is 0. The second kappa shape index (κ2) is 9.84. The second-order valence-corrected chi connectivity index (χ2v) is 10.3. The number of ether oxygens (including phenoxy) is 2. The van der Waals surface area contributed by atoms with E-state index in [2.05, 4.69) is 20.8 Å². The van der Waals surface area contributed by atoms with Crippen LogP contribution in [0.15, 0.2) is 30.3 Å². The lowest BCUT2D eigenvalue weighted by Crippen LogP contribution is -2.43. The molecule has 0 radical (unpaired) electrons. The van der Waals surface area contributed by atoms with Crippen LogP contribution in [0.2, 0.25) is 0 Å². The molecule has 0 spiro atoms. The Morgan fingerprint density at radius 3 is 2.29 bits per heavy atom. The molecule has 0 aliphatic carbocycles. The molecule has 1 aromatic rings. The number of carbonyl (C=O) groups excluding carboxylic acids is 3. The van der Waals surface area contributed by atoms with Crippen LogP contribution in [0.4, 0.5) is 4.79 Å². The molecule has 0 N–H and O–H groups in total. The van der Waals surface area contributed by atoms with Gasteiger partial charge in [0.15, 0.2) is 0 Å². The van der Waals surface area contributed by atoms with Gasteiger partial charge in [-0.05, 0) is 51.5 Å². The van der Waals surface area contributed by atoms with Crippen LogP contribution in [0.25, 0.3) is 0 Å². The molecule has 2 amide bonds. The van der Waals surface area contributed by atoms with Crippen LogP contribution in [-0.4, -0.2) is 34.5 Å². The normalized spacial score (nSPS) is 20.4. The van der Waals surface area contributed by atoms with Gasteiger partial charge in [0.2, 0.25) is 5.91 Å². The fourth-order valence-electron chi connectivity index (χ4n) is 4.32. The van der Waals surface area contributed by atoms with E-state index in [0.717, 1.165) is 18.4 Å². The Kier molecular flexibility index (Phi) is 7.90. The molecule has 0 bridgehead atoms. The number of carbonyl (C=O) groups is 3. The van der Waals surface area contributed by atoms with Crippen molar-refractivity contribution in [3.8, 4) is 0 Å². The van der Waals surface area contributed by atoms with Crippen molar-refractivity contribution < 1.29 is 23.9 Å². The molecule has 2 rings (SSSR count). The molecule has 6 heteroatoms. The van der Waals surface area contributed by atoms with Gasteiger partial charge >= 0.3 is 12.1 Å². The minimum atomic E-state index is -0.658. The number of imide groups is 1. The van der Waals surface area contributed by atoms with Crippen molar-refractivity contribution >= 4 is 18.0 Å². The van der Waals surface area contributed by atoms with Crippen molar-refractivity contribution in [2.75, 3.05) is 0 Å². The summed E-state index contributed by atoms with van der Waals surface area (Å²) in [5, 5.41) is 0. The molecule has 1 aliphatic heterocycles. The molecule has 1 aliphatic rings. The van der Waals surface area contributed by atoms with E-state index in [1.54, 1.807) is 20.8 Å². The number of cyclic esters (lactones) is 1. The predicted octanol–water partition coefficient (Wildman–Crippen LogP) is 5.66. The van der Waals surface area contributed by atoms with Crippen molar-refractivity contribution in [1.29, 1.82) is 0 Å². The number of rotatable bonds is 8. The third-order valence-electron chi connectivity index (χ3n) is 5.54. The van der Waals surface area contributed by atoms with Gasteiger partial charge in [0.1, 0.15) is 11.7 Å². The molecule has 172 valence electrons. The Morgan fingerprint density at radius 2 is 1.74 bits per heavy atom. The van der Waals surface area contributed by atoms with Crippen molar-refractivity contribution in [2.24, 2.45) is 11.3 Å². The second-order valence-electron chi connectivity index (χ2n) is 10.3. The minimum Gasteiger partial charge on any atom is -0.460 e. The first-order valence-corrected chi connectivity index (χ1v) is 11.1. The maximum absolute atomic E-state index is 13.5. The van der Waals surface area contributed by atoms with Crippen LogP contribution >= 0.6 is 0 Å². The highest BCUT2D eigenvalue weighted by Crippen LogP contribution is 2.37. The van der Waals surface area contributed by atoms with Crippen molar-refractivity contribution in [1.82, 2.24) is 4.90 Å². The minimum absolute atomic E-state index is 0.0598. The van der Waals surface area contributed by atoms with E-state index in [0.29, 0.717) is 6.42 Å². The lowest BCUT2D eigenvalue weighted by atomic mass is 9.77.